The summed E-state index contributed by atoms with van der Waals surface area (Å²) in [5.41, 5.74) is 5.78. The molecule has 20 heavy (non-hydrogen) atoms. The fourth-order valence-corrected chi connectivity index (χ4v) is 2.12. The smallest absolute Gasteiger partial charge is 0.236 e. The number of rotatable bonds is 9. The molecule has 1 saturated heterocycles. The predicted octanol–water partition coefficient (Wildman–Crippen LogP) is 1.48. The van der Waals surface area contributed by atoms with E-state index in [0.717, 1.165) is 32.3 Å². The third kappa shape index (κ3) is 8.74. The van der Waals surface area contributed by atoms with Gasteiger partial charge in [0.1, 0.15) is 0 Å². The van der Waals surface area contributed by atoms with Gasteiger partial charge in [-0.3, -0.25) is 4.79 Å². The number of carbonyl (C=O) groups is 1. The van der Waals surface area contributed by atoms with Gasteiger partial charge in [-0.2, -0.15) is 0 Å². The maximum absolute atomic E-state index is 11.6. The zero-order valence-corrected chi connectivity index (χ0v) is 13.4. The summed E-state index contributed by atoms with van der Waals surface area (Å²) in [6, 6.07) is -0.396. The summed E-state index contributed by atoms with van der Waals surface area (Å²) in [4.78, 5) is 11.6. The highest BCUT2D eigenvalue weighted by Crippen LogP contribution is 2.11. The molecule has 0 bridgehead atoms. The van der Waals surface area contributed by atoms with E-state index in [1.807, 2.05) is 0 Å². The number of amides is 1. The van der Waals surface area contributed by atoms with Crippen LogP contribution < -0.4 is 11.1 Å². The predicted molar refractivity (Wildman–Crippen MR) is 82.1 cm³/mol. The summed E-state index contributed by atoms with van der Waals surface area (Å²) in [6.45, 7) is 6.92. The third-order valence-corrected chi connectivity index (χ3v) is 3.15. The van der Waals surface area contributed by atoms with E-state index in [1.165, 1.54) is 0 Å². The van der Waals surface area contributed by atoms with Gasteiger partial charge >= 0.3 is 0 Å². The van der Waals surface area contributed by atoms with Crippen LogP contribution in [0.2, 0.25) is 0 Å². The van der Waals surface area contributed by atoms with Gasteiger partial charge in [-0.05, 0) is 31.6 Å². The summed E-state index contributed by atoms with van der Waals surface area (Å²) >= 11 is 0. The molecule has 0 saturated carbocycles. The first kappa shape index (κ1) is 19.6. The summed E-state index contributed by atoms with van der Waals surface area (Å²) in [5, 5.41) is 2.84. The van der Waals surface area contributed by atoms with Crippen molar-refractivity contribution in [3.8, 4) is 0 Å². The fraction of sp³-hybridized carbons (Fsp3) is 0.929. The van der Waals surface area contributed by atoms with Gasteiger partial charge in [0.15, 0.2) is 0 Å². The van der Waals surface area contributed by atoms with Gasteiger partial charge in [0.05, 0.1) is 18.8 Å². The Hall–Kier alpha value is -0.360. The third-order valence-electron chi connectivity index (χ3n) is 3.15. The zero-order chi connectivity index (χ0) is 14.1. The largest absolute Gasteiger partial charge is 0.379 e. The van der Waals surface area contributed by atoms with Crippen LogP contribution >= 0.6 is 12.4 Å². The highest BCUT2D eigenvalue weighted by atomic mass is 35.5. The van der Waals surface area contributed by atoms with Gasteiger partial charge in [0.25, 0.3) is 0 Å². The number of carbonyl (C=O) groups excluding carboxylic acids is 1. The molecule has 0 radical (unpaired) electrons. The second-order valence-electron chi connectivity index (χ2n) is 5.59. The molecule has 5 nitrogen and oxygen atoms in total. The van der Waals surface area contributed by atoms with Gasteiger partial charge < -0.3 is 20.5 Å². The van der Waals surface area contributed by atoms with Crippen LogP contribution in [0, 0.1) is 5.92 Å². The molecule has 0 aliphatic carbocycles. The van der Waals surface area contributed by atoms with Crippen molar-refractivity contribution in [2.45, 2.75) is 51.7 Å². The number of ether oxygens (including phenoxy) is 2. The van der Waals surface area contributed by atoms with Gasteiger partial charge in [0, 0.05) is 19.8 Å². The van der Waals surface area contributed by atoms with Crippen LogP contribution in [-0.2, 0) is 14.3 Å². The number of nitrogens with two attached hydrogens (primary N) is 1. The lowest BCUT2D eigenvalue weighted by atomic mass is 10.0. The molecule has 6 heteroatoms. The molecule has 1 heterocycles. The van der Waals surface area contributed by atoms with Crippen molar-refractivity contribution in [2.24, 2.45) is 11.7 Å². The minimum Gasteiger partial charge on any atom is -0.379 e. The molecule has 0 aromatic heterocycles. The van der Waals surface area contributed by atoms with Crippen molar-refractivity contribution in [3.05, 3.63) is 0 Å². The molecule has 1 rings (SSSR count). The second kappa shape index (κ2) is 11.3. The molecule has 1 fully saturated rings. The lowest BCUT2D eigenvalue weighted by Gasteiger charge is -2.14. The average Bonchev–Trinajstić information content (AvgIpc) is 2.85. The quantitative estimate of drug-likeness (QED) is 0.633. The van der Waals surface area contributed by atoms with E-state index in [9.17, 15) is 4.79 Å². The Labute approximate surface area is 128 Å². The second-order valence-corrected chi connectivity index (χ2v) is 5.59. The molecule has 2 atom stereocenters. The Bertz CT molecular complexity index is 259. The van der Waals surface area contributed by atoms with Crippen molar-refractivity contribution in [1.82, 2.24) is 5.32 Å². The van der Waals surface area contributed by atoms with E-state index in [0.29, 0.717) is 25.7 Å². The Morgan fingerprint density at radius 1 is 1.50 bits per heavy atom. The van der Waals surface area contributed by atoms with E-state index in [2.05, 4.69) is 19.2 Å². The average molecular weight is 309 g/mol. The van der Waals surface area contributed by atoms with Crippen LogP contribution in [0.25, 0.3) is 0 Å². The first-order valence-corrected chi connectivity index (χ1v) is 7.32. The van der Waals surface area contributed by atoms with E-state index < -0.39 is 6.04 Å². The van der Waals surface area contributed by atoms with E-state index in [-0.39, 0.29) is 24.4 Å². The maximum Gasteiger partial charge on any atom is 0.236 e. The molecule has 1 aliphatic heterocycles. The molecule has 1 aliphatic rings. The van der Waals surface area contributed by atoms with Crippen LogP contribution in [0.5, 0.6) is 0 Å². The van der Waals surface area contributed by atoms with Gasteiger partial charge in [0.2, 0.25) is 5.91 Å². The van der Waals surface area contributed by atoms with E-state index in [4.69, 9.17) is 15.2 Å². The monoisotopic (exact) mass is 308 g/mol. The lowest BCUT2D eigenvalue weighted by Crippen LogP contribution is -2.41. The summed E-state index contributed by atoms with van der Waals surface area (Å²) in [6.07, 6.45) is 4.04. The van der Waals surface area contributed by atoms with Crippen LogP contribution in [0.3, 0.4) is 0 Å². The minimum atomic E-state index is -0.396. The fourth-order valence-electron chi connectivity index (χ4n) is 2.12. The molecular formula is C14H29ClN2O3. The van der Waals surface area contributed by atoms with Crippen LogP contribution in [0.15, 0.2) is 0 Å². The summed E-state index contributed by atoms with van der Waals surface area (Å²) in [7, 11) is 0. The SMILES string of the molecule is CC(C)C[C@H](N)C(=O)NCCCOCC1CCCO1.Cl. The number of hydrogen-bond acceptors (Lipinski definition) is 4. The number of nitrogens with one attached hydrogen (secondary N) is 1. The number of hydrogen-bond donors (Lipinski definition) is 2. The van der Waals surface area contributed by atoms with Crippen LogP contribution in [-0.4, -0.2) is 44.4 Å². The molecular weight excluding hydrogens is 280 g/mol. The van der Waals surface area contributed by atoms with E-state index >= 15 is 0 Å². The highest BCUT2D eigenvalue weighted by molar-refractivity contribution is 5.85. The molecule has 1 unspecified atom stereocenters. The van der Waals surface area contributed by atoms with Crippen LogP contribution in [0.1, 0.15) is 39.5 Å². The molecule has 120 valence electrons. The van der Waals surface area contributed by atoms with Crippen molar-refractivity contribution in [2.75, 3.05) is 26.4 Å². The first-order valence-electron chi connectivity index (χ1n) is 7.32. The van der Waals surface area contributed by atoms with Crippen molar-refractivity contribution < 1.29 is 14.3 Å². The molecule has 1 amide bonds. The minimum absolute atomic E-state index is 0. The molecule has 0 spiro atoms. The molecule has 0 aromatic rings. The Balaban J connectivity index is 0.00000361. The normalized spacial score (nSPS) is 19.7. The Morgan fingerprint density at radius 2 is 2.25 bits per heavy atom. The zero-order valence-electron chi connectivity index (χ0n) is 12.6. The molecule has 0 aromatic carbocycles. The topological polar surface area (TPSA) is 73.6 Å². The van der Waals surface area contributed by atoms with Crippen molar-refractivity contribution in [3.63, 3.8) is 0 Å². The summed E-state index contributed by atoms with van der Waals surface area (Å²) < 4.78 is 11.0. The van der Waals surface area contributed by atoms with Crippen molar-refractivity contribution >= 4 is 18.3 Å². The lowest BCUT2D eigenvalue weighted by molar-refractivity contribution is -0.122. The maximum atomic E-state index is 11.6. The van der Waals surface area contributed by atoms with Crippen LogP contribution in [0.4, 0.5) is 0 Å². The Morgan fingerprint density at radius 3 is 2.85 bits per heavy atom. The van der Waals surface area contributed by atoms with Gasteiger partial charge in [-0.25, -0.2) is 0 Å². The van der Waals surface area contributed by atoms with Crippen molar-refractivity contribution in [1.29, 1.82) is 0 Å². The highest BCUT2D eigenvalue weighted by Gasteiger charge is 2.15. The summed E-state index contributed by atoms with van der Waals surface area (Å²) in [5.74, 6) is 0.378. The van der Waals surface area contributed by atoms with Gasteiger partial charge in [-0.1, -0.05) is 13.8 Å². The number of halogens is 1. The molecule has 3 N–H and O–H groups in total. The standard InChI is InChI=1S/C14H28N2O3.ClH/c1-11(2)9-13(15)14(17)16-6-4-7-18-10-12-5-3-8-19-12;/h11-13H,3-10,15H2,1-2H3,(H,16,17);1H/t12?,13-;/m0./s1. The van der Waals surface area contributed by atoms with Gasteiger partial charge in [-0.15, -0.1) is 12.4 Å². The first-order chi connectivity index (χ1) is 9.09. The van der Waals surface area contributed by atoms with E-state index in [1.54, 1.807) is 0 Å². The Kier molecular flexibility index (Phi) is 11.1.